The highest BCUT2D eigenvalue weighted by Crippen LogP contribution is 2.19. The second-order valence-electron chi connectivity index (χ2n) is 5.40. The van der Waals surface area contributed by atoms with Crippen LogP contribution in [0.15, 0.2) is 35.4 Å². The van der Waals surface area contributed by atoms with Crippen LogP contribution < -0.4 is 4.84 Å². The number of amides is 1. The molecule has 1 aromatic heterocycles. The first-order valence-corrected chi connectivity index (χ1v) is 9.14. The first-order valence-electron chi connectivity index (χ1n) is 7.25. The molecule has 0 atom stereocenters. The summed E-state index contributed by atoms with van der Waals surface area (Å²) >= 11 is 0. The number of rotatable bonds is 4. The van der Waals surface area contributed by atoms with Crippen LogP contribution in [0.3, 0.4) is 0 Å². The Morgan fingerprint density at radius 2 is 2.00 bits per heavy atom. The number of aromatic nitrogens is 1. The number of ether oxygens (including phenoxy) is 1. The van der Waals surface area contributed by atoms with E-state index in [9.17, 15) is 13.2 Å². The van der Waals surface area contributed by atoms with Gasteiger partial charge in [-0.05, 0) is 18.2 Å². The molecular formula is C15H18N2O5S. The lowest BCUT2D eigenvalue weighted by Crippen LogP contribution is -2.43. The molecule has 23 heavy (non-hydrogen) atoms. The molecule has 0 saturated carbocycles. The molecule has 7 nitrogen and oxygen atoms in total. The highest BCUT2D eigenvalue weighted by Gasteiger charge is 2.18. The third-order valence-corrected chi connectivity index (χ3v) is 4.86. The van der Waals surface area contributed by atoms with Gasteiger partial charge in [-0.2, -0.15) is 4.73 Å². The van der Waals surface area contributed by atoms with E-state index in [1.54, 1.807) is 35.4 Å². The first-order chi connectivity index (χ1) is 10.9. The van der Waals surface area contributed by atoms with E-state index in [4.69, 9.17) is 9.57 Å². The van der Waals surface area contributed by atoms with Gasteiger partial charge in [0.15, 0.2) is 16.4 Å². The molecule has 2 heterocycles. The quantitative estimate of drug-likeness (QED) is 0.803. The lowest BCUT2D eigenvalue weighted by atomic mass is 10.2. The predicted octanol–water partition coefficient (Wildman–Crippen LogP) is 0.332. The fraction of sp³-hybridized carbons (Fsp3) is 0.400. The van der Waals surface area contributed by atoms with E-state index in [2.05, 4.69) is 0 Å². The van der Waals surface area contributed by atoms with Crippen molar-refractivity contribution < 1.29 is 22.8 Å². The van der Waals surface area contributed by atoms with Crippen molar-refractivity contribution in [3.05, 3.63) is 30.5 Å². The zero-order valence-electron chi connectivity index (χ0n) is 12.8. The van der Waals surface area contributed by atoms with Crippen LogP contribution in [0.5, 0.6) is 0 Å². The molecule has 0 unspecified atom stereocenters. The van der Waals surface area contributed by atoms with Gasteiger partial charge in [0.25, 0.3) is 5.91 Å². The Kier molecular flexibility index (Phi) is 4.27. The SMILES string of the molecule is CS(=O)(=O)c1ccc2ccn(OCC(=O)N3CCOCC3)c2c1. The zero-order valence-corrected chi connectivity index (χ0v) is 13.6. The number of morpholine rings is 1. The van der Waals surface area contributed by atoms with Gasteiger partial charge in [-0.1, -0.05) is 6.07 Å². The fourth-order valence-corrected chi connectivity index (χ4v) is 3.10. The Morgan fingerprint density at radius 1 is 1.26 bits per heavy atom. The summed E-state index contributed by atoms with van der Waals surface area (Å²) in [5, 5.41) is 0.844. The molecule has 2 aromatic rings. The van der Waals surface area contributed by atoms with Crippen molar-refractivity contribution in [3.8, 4) is 0 Å². The third kappa shape index (κ3) is 3.48. The molecule has 3 rings (SSSR count). The predicted molar refractivity (Wildman–Crippen MR) is 83.9 cm³/mol. The normalized spacial score (nSPS) is 15.8. The smallest absolute Gasteiger partial charge is 0.263 e. The lowest BCUT2D eigenvalue weighted by molar-refractivity contribution is -0.140. The standard InChI is InChI=1S/C15H18N2O5S/c1-23(19,20)13-3-2-12-4-5-17(14(12)10-13)22-11-15(18)16-6-8-21-9-7-16/h2-5,10H,6-9,11H2,1H3. The van der Waals surface area contributed by atoms with Crippen molar-refractivity contribution in [2.75, 3.05) is 39.2 Å². The van der Waals surface area contributed by atoms with Crippen molar-refractivity contribution in [3.63, 3.8) is 0 Å². The van der Waals surface area contributed by atoms with Crippen molar-refractivity contribution in [1.82, 2.24) is 9.63 Å². The number of nitrogens with zero attached hydrogens (tertiary/aromatic N) is 2. The minimum Gasteiger partial charge on any atom is -0.404 e. The summed E-state index contributed by atoms with van der Waals surface area (Å²) in [6, 6.07) is 6.63. The summed E-state index contributed by atoms with van der Waals surface area (Å²) in [4.78, 5) is 19.5. The maximum atomic E-state index is 12.1. The van der Waals surface area contributed by atoms with Gasteiger partial charge in [-0.3, -0.25) is 4.79 Å². The van der Waals surface area contributed by atoms with Gasteiger partial charge in [0.05, 0.1) is 23.6 Å². The Hall–Kier alpha value is -2.06. The summed E-state index contributed by atoms with van der Waals surface area (Å²) in [7, 11) is -3.30. The number of benzene rings is 1. The van der Waals surface area contributed by atoms with Crippen LogP contribution in [0.4, 0.5) is 0 Å². The van der Waals surface area contributed by atoms with E-state index in [-0.39, 0.29) is 17.4 Å². The van der Waals surface area contributed by atoms with E-state index >= 15 is 0 Å². The van der Waals surface area contributed by atoms with E-state index in [0.29, 0.717) is 31.8 Å². The second kappa shape index (κ2) is 6.21. The van der Waals surface area contributed by atoms with Crippen LogP contribution in [-0.2, 0) is 19.4 Å². The van der Waals surface area contributed by atoms with Crippen molar-refractivity contribution in [2.45, 2.75) is 4.90 Å². The maximum Gasteiger partial charge on any atom is 0.263 e. The summed E-state index contributed by atoms with van der Waals surface area (Å²) in [5.41, 5.74) is 0.614. The molecule has 0 bridgehead atoms. The second-order valence-corrected chi connectivity index (χ2v) is 7.42. The molecule has 8 heteroatoms. The van der Waals surface area contributed by atoms with Crippen LogP contribution in [0.25, 0.3) is 10.9 Å². The van der Waals surface area contributed by atoms with E-state index < -0.39 is 9.84 Å². The summed E-state index contributed by atoms with van der Waals surface area (Å²) in [6.07, 6.45) is 2.83. The monoisotopic (exact) mass is 338 g/mol. The molecule has 1 saturated heterocycles. The Labute approximate surface area is 134 Å². The van der Waals surface area contributed by atoms with Gasteiger partial charge < -0.3 is 14.5 Å². The van der Waals surface area contributed by atoms with E-state index in [1.165, 1.54) is 4.73 Å². The molecule has 0 N–H and O–H groups in total. The number of hydrogen-bond donors (Lipinski definition) is 0. The largest absolute Gasteiger partial charge is 0.404 e. The highest BCUT2D eigenvalue weighted by molar-refractivity contribution is 7.90. The number of fused-ring (bicyclic) bond motifs is 1. The third-order valence-electron chi connectivity index (χ3n) is 3.75. The fourth-order valence-electron chi connectivity index (χ4n) is 2.46. The molecule has 124 valence electrons. The van der Waals surface area contributed by atoms with Crippen molar-refractivity contribution >= 4 is 26.6 Å². The summed E-state index contributed by atoms with van der Waals surface area (Å²) < 4.78 is 30.0. The van der Waals surface area contributed by atoms with Gasteiger partial charge in [0.1, 0.15) is 0 Å². The van der Waals surface area contributed by atoms with Crippen molar-refractivity contribution in [2.24, 2.45) is 0 Å². The summed E-state index contributed by atoms with van der Waals surface area (Å²) in [6.45, 7) is 2.10. The number of hydrogen-bond acceptors (Lipinski definition) is 5. The van der Waals surface area contributed by atoms with Gasteiger partial charge in [-0.15, -0.1) is 0 Å². The zero-order chi connectivity index (χ0) is 16.4. The minimum atomic E-state index is -3.30. The Bertz CT molecular complexity index is 822. The van der Waals surface area contributed by atoms with Crippen LogP contribution >= 0.6 is 0 Å². The molecular weight excluding hydrogens is 320 g/mol. The Morgan fingerprint density at radius 3 is 2.70 bits per heavy atom. The average Bonchev–Trinajstić information content (AvgIpc) is 2.95. The highest BCUT2D eigenvalue weighted by atomic mass is 32.2. The van der Waals surface area contributed by atoms with Gasteiger partial charge >= 0.3 is 0 Å². The molecule has 0 radical (unpaired) electrons. The van der Waals surface area contributed by atoms with E-state index in [0.717, 1.165) is 11.6 Å². The number of carbonyl (C=O) groups excluding carboxylic acids is 1. The van der Waals surface area contributed by atoms with Gasteiger partial charge in [0, 0.05) is 30.9 Å². The van der Waals surface area contributed by atoms with Crippen LogP contribution in [0, 0.1) is 0 Å². The first kappa shape index (κ1) is 15.8. The molecule has 1 fully saturated rings. The van der Waals surface area contributed by atoms with Crippen LogP contribution in [0.2, 0.25) is 0 Å². The van der Waals surface area contributed by atoms with Crippen LogP contribution in [0.1, 0.15) is 0 Å². The molecule has 1 amide bonds. The van der Waals surface area contributed by atoms with E-state index in [1.807, 2.05) is 0 Å². The van der Waals surface area contributed by atoms with Gasteiger partial charge in [0.2, 0.25) is 0 Å². The number of carbonyl (C=O) groups is 1. The molecule has 1 aliphatic rings. The van der Waals surface area contributed by atoms with Crippen LogP contribution in [-0.4, -0.2) is 63.1 Å². The minimum absolute atomic E-state index is 0.104. The molecule has 1 aromatic carbocycles. The molecule has 0 spiro atoms. The van der Waals surface area contributed by atoms with Crippen molar-refractivity contribution in [1.29, 1.82) is 0 Å². The van der Waals surface area contributed by atoms with Gasteiger partial charge in [-0.25, -0.2) is 8.42 Å². The number of sulfone groups is 1. The molecule has 1 aliphatic heterocycles. The summed E-state index contributed by atoms with van der Waals surface area (Å²) in [5.74, 6) is -0.116. The average molecular weight is 338 g/mol. The Balaban J connectivity index is 1.76. The lowest BCUT2D eigenvalue weighted by Gasteiger charge is -2.26. The topological polar surface area (TPSA) is 77.8 Å². The maximum absolute atomic E-state index is 12.1. The molecule has 0 aliphatic carbocycles.